The van der Waals surface area contributed by atoms with Gasteiger partial charge in [-0.3, -0.25) is 9.59 Å². The van der Waals surface area contributed by atoms with E-state index in [-0.39, 0.29) is 43.4 Å². The van der Waals surface area contributed by atoms with Crippen molar-refractivity contribution in [2.75, 3.05) is 26.2 Å². The molecule has 7 nitrogen and oxygen atoms in total. The number of unbranched alkanes of at least 4 members (excludes halogenated alkanes) is 15. The molecule has 0 spiro atoms. The van der Waals surface area contributed by atoms with Crippen LogP contribution in [0.4, 0.5) is 0 Å². The Balaban J connectivity index is 3.94. The van der Waals surface area contributed by atoms with Crippen LogP contribution in [0.2, 0.25) is 0 Å². The smallest absolute Gasteiger partial charge is 0.309 e. The van der Waals surface area contributed by atoms with E-state index in [0.29, 0.717) is 6.54 Å². The molecular weight excluding hydrogens is 470 g/mol. The van der Waals surface area contributed by atoms with Crippen LogP contribution < -0.4 is 5.11 Å². The standard InChI is InChI=1S/C30H55NO6/c1-2-3-4-5-6-7-8-9-10-11-12-13-14-15-16-17-18-19-20-24-31(25-21-28(32)33,26-22-29(34)35)27-23-30(36)37/h7-8H,2-6,9-27H2,1H3,(H2-,32,33,34,35,36,37)/b8-7+. The number of aliphatic carboxylic acids is 3. The summed E-state index contributed by atoms with van der Waals surface area (Å²) in [6.45, 7) is 3.59. The van der Waals surface area contributed by atoms with Crippen molar-refractivity contribution in [1.82, 2.24) is 0 Å². The molecule has 0 aliphatic carbocycles. The van der Waals surface area contributed by atoms with E-state index in [4.69, 9.17) is 10.2 Å². The molecule has 0 aromatic rings. The van der Waals surface area contributed by atoms with Gasteiger partial charge in [-0.25, -0.2) is 0 Å². The van der Waals surface area contributed by atoms with Gasteiger partial charge in [0.05, 0.1) is 39.0 Å². The average molecular weight is 526 g/mol. The van der Waals surface area contributed by atoms with Gasteiger partial charge in [-0.05, 0) is 38.5 Å². The van der Waals surface area contributed by atoms with Crippen LogP contribution in [0.3, 0.4) is 0 Å². The predicted octanol–water partition coefficient (Wildman–Crippen LogP) is 6.10. The first-order valence-electron chi connectivity index (χ1n) is 14.9. The van der Waals surface area contributed by atoms with Crippen molar-refractivity contribution in [3.05, 3.63) is 12.2 Å². The van der Waals surface area contributed by atoms with Crippen molar-refractivity contribution < 1.29 is 34.2 Å². The molecule has 0 aromatic heterocycles. The molecule has 37 heavy (non-hydrogen) atoms. The van der Waals surface area contributed by atoms with Gasteiger partial charge in [0.2, 0.25) is 0 Å². The van der Waals surface area contributed by atoms with Crippen molar-refractivity contribution in [2.45, 2.75) is 135 Å². The zero-order chi connectivity index (χ0) is 27.6. The number of hydrogen-bond donors (Lipinski definition) is 2. The number of carbonyl (C=O) groups is 3. The molecule has 0 unspecified atom stereocenters. The fourth-order valence-corrected chi connectivity index (χ4v) is 4.89. The lowest BCUT2D eigenvalue weighted by atomic mass is 10.0. The van der Waals surface area contributed by atoms with Gasteiger partial charge in [0.25, 0.3) is 0 Å². The second-order valence-electron chi connectivity index (χ2n) is 10.6. The van der Waals surface area contributed by atoms with Crippen molar-refractivity contribution in [3.63, 3.8) is 0 Å². The highest BCUT2D eigenvalue weighted by atomic mass is 16.4. The fourth-order valence-electron chi connectivity index (χ4n) is 4.89. The van der Waals surface area contributed by atoms with Crippen LogP contribution in [-0.2, 0) is 14.4 Å². The summed E-state index contributed by atoms with van der Waals surface area (Å²) in [6, 6.07) is 0. The van der Waals surface area contributed by atoms with E-state index in [9.17, 15) is 19.5 Å². The maximum atomic E-state index is 11.1. The molecule has 0 amide bonds. The van der Waals surface area contributed by atoms with Crippen molar-refractivity contribution in [1.29, 1.82) is 0 Å². The molecule has 0 fully saturated rings. The zero-order valence-corrected chi connectivity index (χ0v) is 23.6. The van der Waals surface area contributed by atoms with Crippen LogP contribution in [0.5, 0.6) is 0 Å². The lowest BCUT2D eigenvalue weighted by Gasteiger charge is -2.38. The molecular formula is C30H55NO6. The Morgan fingerprint density at radius 2 is 0.946 bits per heavy atom. The largest absolute Gasteiger partial charge is 0.550 e. The number of hydrogen-bond acceptors (Lipinski definition) is 4. The van der Waals surface area contributed by atoms with E-state index < -0.39 is 17.9 Å². The summed E-state index contributed by atoms with van der Waals surface area (Å²) in [5.74, 6) is -3.08. The summed E-state index contributed by atoms with van der Waals surface area (Å²) in [5, 5.41) is 29.2. The summed E-state index contributed by atoms with van der Waals surface area (Å²) in [7, 11) is 0. The number of nitrogens with zero attached hydrogens (tertiary/aromatic N) is 1. The third-order valence-electron chi connectivity index (χ3n) is 7.28. The van der Waals surface area contributed by atoms with E-state index in [1.807, 2.05) is 0 Å². The first-order chi connectivity index (χ1) is 17.8. The third kappa shape index (κ3) is 24.2. The molecule has 0 aliphatic heterocycles. The summed E-state index contributed by atoms with van der Waals surface area (Å²) < 4.78 is 0.224. The molecule has 0 heterocycles. The minimum atomic E-state index is -1.18. The second-order valence-corrected chi connectivity index (χ2v) is 10.6. The van der Waals surface area contributed by atoms with Crippen molar-refractivity contribution in [3.8, 4) is 0 Å². The number of carbonyl (C=O) groups excluding carboxylic acids is 1. The zero-order valence-electron chi connectivity index (χ0n) is 23.6. The monoisotopic (exact) mass is 525 g/mol. The van der Waals surface area contributed by atoms with Gasteiger partial charge in [-0.2, -0.15) is 0 Å². The lowest BCUT2D eigenvalue weighted by Crippen LogP contribution is -2.53. The Morgan fingerprint density at radius 1 is 0.568 bits per heavy atom. The SMILES string of the molecule is CCCCCC/C=C/CCCCCCCCCCCCC[N+](CCC(=O)[O-])(CCC(=O)O)CCC(=O)O. The highest BCUT2D eigenvalue weighted by molar-refractivity contribution is 5.67. The van der Waals surface area contributed by atoms with Crippen molar-refractivity contribution >= 4 is 17.9 Å². The number of rotatable bonds is 28. The number of carboxylic acid groups (broad SMARTS) is 3. The number of quaternary nitrogens is 1. The van der Waals surface area contributed by atoms with E-state index >= 15 is 0 Å². The maximum Gasteiger partial charge on any atom is 0.309 e. The number of carboxylic acids is 3. The Bertz CT molecular complexity index is 574. The molecule has 0 saturated carbocycles. The summed E-state index contributed by atoms with van der Waals surface area (Å²) in [4.78, 5) is 33.2. The van der Waals surface area contributed by atoms with Crippen LogP contribution in [0.25, 0.3) is 0 Å². The Kier molecular flexibility index (Phi) is 23.2. The molecule has 0 radical (unpaired) electrons. The highest BCUT2D eigenvalue weighted by Crippen LogP contribution is 2.17. The summed E-state index contributed by atoms with van der Waals surface area (Å²) >= 11 is 0. The molecule has 0 aliphatic rings. The Morgan fingerprint density at radius 3 is 1.35 bits per heavy atom. The van der Waals surface area contributed by atoms with Crippen LogP contribution >= 0.6 is 0 Å². The molecule has 0 saturated heterocycles. The third-order valence-corrected chi connectivity index (χ3v) is 7.28. The van der Waals surface area contributed by atoms with Gasteiger partial charge in [-0.15, -0.1) is 0 Å². The predicted molar refractivity (Wildman–Crippen MR) is 147 cm³/mol. The van der Waals surface area contributed by atoms with Crippen LogP contribution in [0, 0.1) is 0 Å². The Hall–Kier alpha value is -1.89. The minimum absolute atomic E-state index is 0.0947. The van der Waals surface area contributed by atoms with Crippen LogP contribution in [-0.4, -0.2) is 58.8 Å². The van der Waals surface area contributed by atoms with E-state index in [1.54, 1.807) is 0 Å². The second kappa shape index (κ2) is 24.4. The molecule has 0 rings (SSSR count). The van der Waals surface area contributed by atoms with Gasteiger partial charge in [0.15, 0.2) is 0 Å². The normalized spacial score (nSPS) is 11.8. The van der Waals surface area contributed by atoms with Gasteiger partial charge in [0.1, 0.15) is 0 Å². The first-order valence-corrected chi connectivity index (χ1v) is 14.9. The molecule has 2 N–H and O–H groups in total. The van der Waals surface area contributed by atoms with Gasteiger partial charge in [-0.1, -0.05) is 89.7 Å². The van der Waals surface area contributed by atoms with Gasteiger partial charge < -0.3 is 24.6 Å². The maximum absolute atomic E-state index is 11.1. The molecule has 216 valence electrons. The molecule has 0 aromatic carbocycles. The number of allylic oxidation sites excluding steroid dienone is 2. The fraction of sp³-hybridized carbons (Fsp3) is 0.833. The molecule has 0 bridgehead atoms. The van der Waals surface area contributed by atoms with E-state index in [1.165, 1.54) is 89.9 Å². The summed E-state index contributed by atoms with van der Waals surface area (Å²) in [5.41, 5.74) is 0. The van der Waals surface area contributed by atoms with E-state index in [0.717, 1.165) is 19.3 Å². The minimum Gasteiger partial charge on any atom is -0.550 e. The first kappa shape index (κ1) is 35.1. The quantitative estimate of drug-likeness (QED) is 0.0724. The van der Waals surface area contributed by atoms with E-state index in [2.05, 4.69) is 19.1 Å². The van der Waals surface area contributed by atoms with Crippen LogP contribution in [0.1, 0.15) is 135 Å². The average Bonchev–Trinajstić information content (AvgIpc) is 2.85. The highest BCUT2D eigenvalue weighted by Gasteiger charge is 2.28. The van der Waals surface area contributed by atoms with Crippen molar-refractivity contribution in [2.24, 2.45) is 0 Å². The topological polar surface area (TPSA) is 115 Å². The van der Waals surface area contributed by atoms with Crippen LogP contribution in [0.15, 0.2) is 12.2 Å². The van der Waals surface area contributed by atoms with Gasteiger partial charge >= 0.3 is 11.9 Å². The van der Waals surface area contributed by atoms with Gasteiger partial charge in [0, 0.05) is 12.4 Å². The Labute approximate surface area is 225 Å². The summed E-state index contributed by atoms with van der Waals surface area (Å²) in [6.07, 6.45) is 25.3. The lowest BCUT2D eigenvalue weighted by molar-refractivity contribution is -0.927. The molecule has 7 heteroatoms. The molecule has 0 atom stereocenters.